The lowest BCUT2D eigenvalue weighted by Crippen LogP contribution is -2.32. The maximum Gasteiger partial charge on any atom is 0.251 e. The van der Waals surface area contributed by atoms with Gasteiger partial charge in [0.1, 0.15) is 0 Å². The maximum atomic E-state index is 12.3. The summed E-state index contributed by atoms with van der Waals surface area (Å²) in [5.74, 6) is 0.837. The lowest BCUT2D eigenvalue weighted by molar-refractivity contribution is 0.0945. The summed E-state index contributed by atoms with van der Waals surface area (Å²) in [6.45, 7) is 1.22. The number of hydrogen-bond donors (Lipinski definition) is 0. The van der Waals surface area contributed by atoms with Gasteiger partial charge in [-0.1, -0.05) is 34.1 Å². The molecule has 0 aliphatic rings. The van der Waals surface area contributed by atoms with E-state index in [0.717, 1.165) is 11.1 Å². The second-order valence-corrected chi connectivity index (χ2v) is 5.50. The maximum absolute atomic E-state index is 12.3. The van der Waals surface area contributed by atoms with Crippen LogP contribution in [-0.4, -0.2) is 42.0 Å². The van der Waals surface area contributed by atoms with Crippen LogP contribution in [0.2, 0.25) is 0 Å². The highest BCUT2D eigenvalue weighted by molar-refractivity contribution is 9.09. The quantitative estimate of drug-likeness (QED) is 0.529. The van der Waals surface area contributed by atoms with E-state index in [1.54, 1.807) is 16.7 Å². The van der Waals surface area contributed by atoms with Gasteiger partial charge < -0.3 is 0 Å². The second-order valence-electron chi connectivity index (χ2n) is 3.54. The zero-order valence-electron chi connectivity index (χ0n) is 9.49. The Hall–Kier alpha value is -0.130. The van der Waals surface area contributed by atoms with E-state index in [9.17, 15) is 8.78 Å². The number of alkyl halides is 3. The molecule has 17 heavy (non-hydrogen) atoms. The highest BCUT2D eigenvalue weighted by Crippen LogP contribution is 2.17. The first-order chi connectivity index (χ1) is 8.22. The Morgan fingerprint density at radius 3 is 2.47 bits per heavy atom. The van der Waals surface area contributed by atoms with Crippen LogP contribution in [0.1, 0.15) is 0 Å². The van der Waals surface area contributed by atoms with Gasteiger partial charge in [0.2, 0.25) is 0 Å². The Bertz CT molecular complexity index is 298. The van der Waals surface area contributed by atoms with Crippen molar-refractivity contribution in [2.45, 2.75) is 11.3 Å². The van der Waals surface area contributed by atoms with Crippen molar-refractivity contribution in [1.29, 1.82) is 0 Å². The van der Waals surface area contributed by atoms with Gasteiger partial charge in [0.05, 0.1) is 6.54 Å². The highest BCUT2D eigenvalue weighted by Gasteiger charge is 2.10. The SMILES string of the molecule is FC(F)CN(CCBr)CCSc1ccccc1. The molecule has 0 unspecified atom stereocenters. The fourth-order valence-corrected chi connectivity index (χ4v) is 2.85. The van der Waals surface area contributed by atoms with Gasteiger partial charge >= 0.3 is 0 Å². The first kappa shape index (κ1) is 14.9. The highest BCUT2D eigenvalue weighted by atomic mass is 79.9. The number of halogens is 3. The predicted molar refractivity (Wildman–Crippen MR) is 73.4 cm³/mol. The molecule has 0 saturated heterocycles. The molecule has 1 aromatic carbocycles. The van der Waals surface area contributed by atoms with Crippen molar-refractivity contribution in [2.24, 2.45) is 0 Å². The number of benzene rings is 1. The normalized spacial score (nSPS) is 11.4. The number of nitrogens with zero attached hydrogens (tertiary/aromatic N) is 1. The Kier molecular flexibility index (Phi) is 7.81. The van der Waals surface area contributed by atoms with Crippen molar-refractivity contribution in [3.8, 4) is 0 Å². The second kappa shape index (κ2) is 8.89. The summed E-state index contributed by atoms with van der Waals surface area (Å²) in [7, 11) is 0. The molecule has 0 bridgehead atoms. The van der Waals surface area contributed by atoms with Crippen molar-refractivity contribution in [1.82, 2.24) is 4.90 Å². The topological polar surface area (TPSA) is 3.24 Å². The summed E-state index contributed by atoms with van der Waals surface area (Å²) in [6.07, 6.45) is -2.25. The third-order valence-corrected chi connectivity index (χ3v) is 3.56. The predicted octanol–water partition coefficient (Wildman–Crippen LogP) is 3.74. The van der Waals surface area contributed by atoms with Crippen molar-refractivity contribution in [3.63, 3.8) is 0 Å². The molecule has 5 heteroatoms. The lowest BCUT2D eigenvalue weighted by atomic mass is 10.4. The molecule has 0 amide bonds. The van der Waals surface area contributed by atoms with Crippen LogP contribution in [0.4, 0.5) is 8.78 Å². The van der Waals surface area contributed by atoms with Gasteiger partial charge in [0.15, 0.2) is 0 Å². The van der Waals surface area contributed by atoms with E-state index in [1.807, 2.05) is 30.3 Å². The van der Waals surface area contributed by atoms with E-state index < -0.39 is 6.43 Å². The molecular weight excluding hydrogens is 308 g/mol. The Morgan fingerprint density at radius 1 is 1.18 bits per heavy atom. The number of rotatable bonds is 8. The van der Waals surface area contributed by atoms with E-state index in [-0.39, 0.29) is 6.54 Å². The van der Waals surface area contributed by atoms with Crippen molar-refractivity contribution >= 4 is 27.7 Å². The van der Waals surface area contributed by atoms with Crippen LogP contribution in [0.5, 0.6) is 0 Å². The van der Waals surface area contributed by atoms with E-state index in [4.69, 9.17) is 0 Å². The van der Waals surface area contributed by atoms with Crippen LogP contribution >= 0.6 is 27.7 Å². The lowest BCUT2D eigenvalue weighted by Gasteiger charge is -2.20. The monoisotopic (exact) mass is 323 g/mol. The fourth-order valence-electron chi connectivity index (χ4n) is 1.42. The molecule has 0 atom stereocenters. The molecule has 0 aromatic heterocycles. The summed E-state index contributed by atoms with van der Waals surface area (Å²) in [4.78, 5) is 2.97. The summed E-state index contributed by atoms with van der Waals surface area (Å²) >= 11 is 4.98. The molecule has 0 aliphatic carbocycles. The molecular formula is C12H16BrF2NS. The van der Waals surface area contributed by atoms with Gasteiger partial charge in [-0.25, -0.2) is 8.78 Å². The fraction of sp³-hybridized carbons (Fsp3) is 0.500. The smallest absolute Gasteiger partial charge is 0.251 e. The van der Waals surface area contributed by atoms with E-state index in [2.05, 4.69) is 15.9 Å². The number of hydrogen-bond acceptors (Lipinski definition) is 2. The van der Waals surface area contributed by atoms with Crippen LogP contribution in [0.25, 0.3) is 0 Å². The largest absolute Gasteiger partial charge is 0.296 e. The van der Waals surface area contributed by atoms with Crippen LogP contribution in [0.3, 0.4) is 0 Å². The zero-order valence-corrected chi connectivity index (χ0v) is 11.9. The first-order valence-corrected chi connectivity index (χ1v) is 7.57. The third kappa shape index (κ3) is 7.01. The molecule has 0 N–H and O–H groups in total. The van der Waals surface area contributed by atoms with Gasteiger partial charge in [0, 0.05) is 29.1 Å². The minimum Gasteiger partial charge on any atom is -0.296 e. The van der Waals surface area contributed by atoms with E-state index in [0.29, 0.717) is 13.1 Å². The minimum atomic E-state index is -2.25. The molecule has 1 aromatic rings. The van der Waals surface area contributed by atoms with E-state index in [1.165, 1.54) is 4.90 Å². The van der Waals surface area contributed by atoms with Crippen molar-refractivity contribution in [2.75, 3.05) is 30.7 Å². The Balaban J connectivity index is 2.26. The molecule has 1 rings (SSSR count). The third-order valence-electron chi connectivity index (χ3n) is 2.22. The molecule has 0 spiro atoms. The summed E-state index contributed by atoms with van der Waals surface area (Å²) in [5, 5.41) is 0.732. The molecule has 0 heterocycles. The first-order valence-electron chi connectivity index (χ1n) is 5.46. The summed E-state index contributed by atoms with van der Waals surface area (Å²) in [6, 6.07) is 10.0. The van der Waals surface area contributed by atoms with Gasteiger partial charge in [-0.3, -0.25) is 4.90 Å². The van der Waals surface area contributed by atoms with Gasteiger partial charge in [-0.15, -0.1) is 11.8 Å². The van der Waals surface area contributed by atoms with Crippen LogP contribution in [-0.2, 0) is 0 Å². The van der Waals surface area contributed by atoms with Crippen molar-refractivity contribution in [3.05, 3.63) is 30.3 Å². The van der Waals surface area contributed by atoms with Crippen molar-refractivity contribution < 1.29 is 8.78 Å². The molecule has 0 aliphatic heterocycles. The average Bonchev–Trinajstić information content (AvgIpc) is 2.30. The van der Waals surface area contributed by atoms with Gasteiger partial charge in [0.25, 0.3) is 6.43 Å². The minimum absolute atomic E-state index is 0.138. The summed E-state index contributed by atoms with van der Waals surface area (Å²) in [5.41, 5.74) is 0. The Morgan fingerprint density at radius 2 is 1.88 bits per heavy atom. The molecule has 0 radical (unpaired) electrons. The standard InChI is InChI=1S/C12H16BrF2NS/c13-6-7-16(10-12(14)15)8-9-17-11-4-2-1-3-5-11/h1-5,12H,6-10H2. The van der Waals surface area contributed by atoms with Gasteiger partial charge in [-0.2, -0.15) is 0 Å². The van der Waals surface area contributed by atoms with Crippen LogP contribution < -0.4 is 0 Å². The molecule has 96 valence electrons. The Labute approximate surface area is 114 Å². The van der Waals surface area contributed by atoms with Crippen LogP contribution in [0.15, 0.2) is 35.2 Å². The van der Waals surface area contributed by atoms with E-state index >= 15 is 0 Å². The van der Waals surface area contributed by atoms with Gasteiger partial charge in [-0.05, 0) is 12.1 Å². The molecule has 0 fully saturated rings. The molecule has 1 nitrogen and oxygen atoms in total. The molecule has 0 saturated carbocycles. The van der Waals surface area contributed by atoms with Crippen LogP contribution in [0, 0.1) is 0 Å². The summed E-state index contributed by atoms with van der Waals surface area (Å²) < 4.78 is 24.6. The zero-order chi connectivity index (χ0) is 12.5. The average molecular weight is 324 g/mol. The number of thioether (sulfide) groups is 1.